The van der Waals surface area contributed by atoms with Gasteiger partial charge in [0.2, 0.25) is 10.0 Å². The van der Waals surface area contributed by atoms with Gasteiger partial charge in [-0.1, -0.05) is 30.3 Å². The van der Waals surface area contributed by atoms with Crippen molar-refractivity contribution in [2.24, 2.45) is 0 Å². The number of nitrogens with one attached hydrogen (secondary N) is 1. The third-order valence-electron chi connectivity index (χ3n) is 2.78. The Hall–Kier alpha value is -1.93. The van der Waals surface area contributed by atoms with Gasteiger partial charge >= 0.3 is 11.9 Å². The van der Waals surface area contributed by atoms with Crippen molar-refractivity contribution in [2.75, 3.05) is 12.4 Å². The summed E-state index contributed by atoms with van der Waals surface area (Å²) in [5.41, 5.74) is 0.337. The summed E-state index contributed by atoms with van der Waals surface area (Å²) in [4.78, 5) is 22.4. The van der Waals surface area contributed by atoms with Crippen molar-refractivity contribution < 1.29 is 27.9 Å². The molecular weight excluding hydrogens is 310 g/mol. The molecule has 122 valence electrons. The smallest absolute Gasteiger partial charge is 0.326 e. The lowest BCUT2D eigenvalue weighted by atomic mass is 10.1. The molecule has 0 radical (unpaired) electrons. The molecule has 0 unspecified atom stereocenters. The first-order valence-corrected chi connectivity index (χ1v) is 8.44. The largest absolute Gasteiger partial charge is 0.480 e. The molecule has 1 rings (SSSR count). The average Bonchev–Trinajstić information content (AvgIpc) is 2.45. The number of carboxylic acid groups (broad SMARTS) is 1. The van der Waals surface area contributed by atoms with Crippen molar-refractivity contribution in [2.45, 2.75) is 25.8 Å². The summed E-state index contributed by atoms with van der Waals surface area (Å²) in [5.74, 6) is -2.11. The van der Waals surface area contributed by atoms with E-state index in [-0.39, 0.29) is 25.2 Å². The summed E-state index contributed by atoms with van der Waals surface area (Å²) in [5, 5.41) is 9.17. The van der Waals surface area contributed by atoms with E-state index in [0.717, 1.165) is 0 Å². The number of esters is 1. The van der Waals surface area contributed by atoms with E-state index >= 15 is 0 Å². The fourth-order valence-electron chi connectivity index (χ4n) is 1.78. The first kappa shape index (κ1) is 18.1. The van der Waals surface area contributed by atoms with Gasteiger partial charge in [0.15, 0.2) is 0 Å². The van der Waals surface area contributed by atoms with E-state index in [1.165, 1.54) is 12.1 Å². The highest BCUT2D eigenvalue weighted by Gasteiger charge is 2.25. The molecule has 0 aliphatic carbocycles. The number of hydrogen-bond donors (Lipinski definition) is 2. The van der Waals surface area contributed by atoms with Crippen molar-refractivity contribution in [3.05, 3.63) is 35.9 Å². The lowest BCUT2D eigenvalue weighted by molar-refractivity contribution is -0.143. The second-order valence-electron chi connectivity index (χ2n) is 4.53. The van der Waals surface area contributed by atoms with Gasteiger partial charge in [-0.15, -0.1) is 0 Å². The highest BCUT2D eigenvalue weighted by molar-refractivity contribution is 7.89. The van der Waals surface area contributed by atoms with Crippen LogP contribution in [0.15, 0.2) is 30.3 Å². The topological polar surface area (TPSA) is 110 Å². The maximum absolute atomic E-state index is 11.9. The normalized spacial score (nSPS) is 12.6. The summed E-state index contributed by atoms with van der Waals surface area (Å²) in [6, 6.07) is 6.66. The number of carbonyl (C=O) groups is 2. The Kier molecular flexibility index (Phi) is 7.00. The van der Waals surface area contributed by atoms with Gasteiger partial charge < -0.3 is 9.84 Å². The molecule has 0 aromatic heterocycles. The van der Waals surface area contributed by atoms with E-state index in [9.17, 15) is 23.1 Å². The highest BCUT2D eigenvalue weighted by atomic mass is 32.2. The van der Waals surface area contributed by atoms with Crippen LogP contribution < -0.4 is 4.72 Å². The molecule has 0 bridgehead atoms. The van der Waals surface area contributed by atoms with Crippen LogP contribution in [-0.4, -0.2) is 37.8 Å². The maximum Gasteiger partial charge on any atom is 0.326 e. The molecule has 0 aliphatic rings. The third kappa shape index (κ3) is 6.23. The molecule has 0 fully saturated rings. The molecule has 0 heterocycles. The van der Waals surface area contributed by atoms with Gasteiger partial charge in [-0.25, -0.2) is 8.42 Å². The third-order valence-corrected chi connectivity index (χ3v) is 4.20. The Balaban J connectivity index is 2.64. The molecule has 22 heavy (non-hydrogen) atoms. The van der Waals surface area contributed by atoms with E-state index in [0.29, 0.717) is 5.56 Å². The predicted octanol–water partition coefficient (Wildman–Crippen LogP) is 1.07. The molecule has 0 amide bonds. The Morgan fingerprint density at radius 3 is 2.45 bits per heavy atom. The van der Waals surface area contributed by atoms with Crippen LogP contribution in [0.5, 0.6) is 0 Å². The van der Waals surface area contributed by atoms with Gasteiger partial charge in [-0.05, 0) is 18.9 Å². The zero-order valence-electron chi connectivity index (χ0n) is 12.2. The maximum atomic E-state index is 11.9. The average molecular weight is 329 g/mol. The molecule has 0 saturated carbocycles. The Morgan fingerprint density at radius 2 is 1.91 bits per heavy atom. The zero-order chi connectivity index (χ0) is 16.6. The van der Waals surface area contributed by atoms with Crippen LogP contribution in [0.1, 0.15) is 31.4 Å². The van der Waals surface area contributed by atoms with Gasteiger partial charge in [0.05, 0.1) is 12.4 Å². The first-order valence-electron chi connectivity index (χ1n) is 6.79. The first-order chi connectivity index (χ1) is 10.4. The van der Waals surface area contributed by atoms with Crippen LogP contribution in [0.4, 0.5) is 0 Å². The number of sulfonamides is 1. The predicted molar refractivity (Wildman–Crippen MR) is 79.6 cm³/mol. The standard InChI is InChI=1S/C14H19NO6S/c1-2-21-12(16)9-6-10-22(19,20)15-13(14(17)18)11-7-4-3-5-8-11/h3-5,7-8,13,15H,2,6,9-10H2,1H3,(H,17,18)/t13-/m1/s1. The van der Waals surface area contributed by atoms with Crippen molar-refractivity contribution in [3.8, 4) is 0 Å². The van der Waals surface area contributed by atoms with E-state index in [4.69, 9.17) is 4.74 Å². The van der Waals surface area contributed by atoms with Crippen LogP contribution in [0, 0.1) is 0 Å². The second-order valence-corrected chi connectivity index (χ2v) is 6.40. The lowest BCUT2D eigenvalue weighted by Gasteiger charge is -2.15. The SMILES string of the molecule is CCOC(=O)CCCS(=O)(=O)N[C@@H](C(=O)O)c1ccccc1. The van der Waals surface area contributed by atoms with Gasteiger partial charge in [0.1, 0.15) is 6.04 Å². The number of carboxylic acids is 1. The number of aliphatic carboxylic acids is 1. The summed E-state index contributed by atoms with van der Waals surface area (Å²) in [6.45, 7) is 1.90. The molecule has 7 nitrogen and oxygen atoms in total. The molecule has 0 spiro atoms. The molecule has 1 atom stereocenters. The molecule has 1 aromatic rings. The van der Waals surface area contributed by atoms with Gasteiger partial charge in [-0.2, -0.15) is 4.72 Å². The molecule has 1 aromatic carbocycles. The molecule has 8 heteroatoms. The van der Waals surface area contributed by atoms with E-state index in [1.807, 2.05) is 0 Å². The van der Waals surface area contributed by atoms with Gasteiger partial charge in [0.25, 0.3) is 0 Å². The van der Waals surface area contributed by atoms with E-state index in [1.54, 1.807) is 25.1 Å². The Morgan fingerprint density at radius 1 is 1.27 bits per heavy atom. The minimum Gasteiger partial charge on any atom is -0.480 e. The van der Waals surface area contributed by atoms with E-state index in [2.05, 4.69) is 4.72 Å². The Labute approximate surface area is 129 Å². The lowest BCUT2D eigenvalue weighted by Crippen LogP contribution is -2.35. The molecule has 0 saturated heterocycles. The summed E-state index contributed by atoms with van der Waals surface area (Å²) in [6.07, 6.45) is 0.0348. The van der Waals surface area contributed by atoms with E-state index < -0.39 is 28.0 Å². The van der Waals surface area contributed by atoms with Crippen molar-refractivity contribution in [3.63, 3.8) is 0 Å². The van der Waals surface area contributed by atoms with Crippen LogP contribution in [0.3, 0.4) is 0 Å². The number of ether oxygens (including phenoxy) is 1. The fraction of sp³-hybridized carbons (Fsp3) is 0.429. The minimum atomic E-state index is -3.82. The van der Waals surface area contributed by atoms with Gasteiger partial charge in [-0.3, -0.25) is 9.59 Å². The minimum absolute atomic E-state index is 0.0299. The number of benzene rings is 1. The molecule has 2 N–H and O–H groups in total. The quantitative estimate of drug-likeness (QED) is 0.656. The number of carbonyl (C=O) groups excluding carboxylic acids is 1. The number of rotatable bonds is 9. The van der Waals surface area contributed by atoms with Crippen LogP contribution in [0.25, 0.3) is 0 Å². The van der Waals surface area contributed by atoms with Crippen molar-refractivity contribution in [1.82, 2.24) is 4.72 Å². The Bertz CT molecular complexity index is 599. The number of hydrogen-bond acceptors (Lipinski definition) is 5. The second kappa shape index (κ2) is 8.50. The molecule has 0 aliphatic heterocycles. The van der Waals surface area contributed by atoms with Crippen molar-refractivity contribution in [1.29, 1.82) is 0 Å². The summed E-state index contributed by atoms with van der Waals surface area (Å²) < 4.78 is 30.7. The van der Waals surface area contributed by atoms with Gasteiger partial charge in [0, 0.05) is 6.42 Å². The summed E-state index contributed by atoms with van der Waals surface area (Å²) >= 11 is 0. The fourth-order valence-corrected chi connectivity index (χ4v) is 3.02. The van der Waals surface area contributed by atoms with Crippen molar-refractivity contribution >= 4 is 22.0 Å². The highest BCUT2D eigenvalue weighted by Crippen LogP contribution is 2.14. The van der Waals surface area contributed by atoms with Crippen LogP contribution >= 0.6 is 0 Å². The summed E-state index contributed by atoms with van der Waals surface area (Å²) in [7, 11) is -3.82. The monoisotopic (exact) mass is 329 g/mol. The van der Waals surface area contributed by atoms with Crippen LogP contribution in [-0.2, 0) is 24.3 Å². The zero-order valence-corrected chi connectivity index (χ0v) is 13.0. The molecular formula is C14H19NO6S. The van der Waals surface area contributed by atoms with Crippen LogP contribution in [0.2, 0.25) is 0 Å².